The molecule has 1 unspecified atom stereocenters. The highest BCUT2D eigenvalue weighted by atomic mass is 16.4. The minimum atomic E-state index is -1.05. The van der Waals surface area contributed by atoms with Crippen LogP contribution in [0.3, 0.4) is 0 Å². The van der Waals surface area contributed by atoms with Crippen LogP contribution in [0.2, 0.25) is 0 Å². The molecule has 0 heterocycles. The third kappa shape index (κ3) is 6.94. The van der Waals surface area contributed by atoms with Crippen molar-refractivity contribution in [3.05, 3.63) is 29.8 Å². The number of hydrogen-bond donors (Lipinski definition) is 3. The summed E-state index contributed by atoms with van der Waals surface area (Å²) in [6.07, 6.45) is 3.98. The molecule has 6 heteroatoms. The molecule has 0 aliphatic heterocycles. The molecular formula is C17H23N3O3. The topological polar surface area (TPSA) is 102 Å². The molecule has 23 heavy (non-hydrogen) atoms. The quantitative estimate of drug-likeness (QED) is 0.575. The highest BCUT2D eigenvalue weighted by molar-refractivity contribution is 5.95. The smallest absolute Gasteiger partial charge is 0.321 e. The van der Waals surface area contributed by atoms with Gasteiger partial charge in [0, 0.05) is 0 Å². The second kappa shape index (κ2) is 10.4. The Hall–Kier alpha value is -2.39. The Balaban J connectivity index is 2.51. The summed E-state index contributed by atoms with van der Waals surface area (Å²) in [5.74, 6) is -1.48. The minimum absolute atomic E-state index is 0.178. The predicted octanol–water partition coefficient (Wildman–Crippen LogP) is 2.51. The van der Waals surface area contributed by atoms with Gasteiger partial charge in [0.2, 0.25) is 5.91 Å². The summed E-state index contributed by atoms with van der Waals surface area (Å²) in [6, 6.07) is 7.67. The number of anilines is 1. The molecule has 0 aliphatic carbocycles. The highest BCUT2D eigenvalue weighted by Gasteiger charge is 2.20. The zero-order valence-corrected chi connectivity index (χ0v) is 13.3. The third-order valence-corrected chi connectivity index (χ3v) is 3.43. The van der Waals surface area contributed by atoms with Gasteiger partial charge in [0.15, 0.2) is 0 Å². The number of amides is 1. The minimum Gasteiger partial charge on any atom is -0.480 e. The van der Waals surface area contributed by atoms with Crippen molar-refractivity contribution in [2.24, 2.45) is 0 Å². The molecule has 0 aliphatic rings. The Morgan fingerprint density at radius 1 is 1.26 bits per heavy atom. The fourth-order valence-corrected chi connectivity index (χ4v) is 2.15. The highest BCUT2D eigenvalue weighted by Crippen LogP contribution is 2.14. The third-order valence-electron chi connectivity index (χ3n) is 3.43. The zero-order chi connectivity index (χ0) is 17.1. The van der Waals surface area contributed by atoms with Gasteiger partial charge in [-0.25, -0.2) is 0 Å². The number of nitrogens with zero attached hydrogens (tertiary/aromatic N) is 1. The largest absolute Gasteiger partial charge is 0.480 e. The number of aliphatic carboxylic acids is 1. The van der Waals surface area contributed by atoms with Crippen LogP contribution in [0.15, 0.2) is 24.3 Å². The number of nitriles is 1. The van der Waals surface area contributed by atoms with E-state index >= 15 is 0 Å². The van der Waals surface area contributed by atoms with Gasteiger partial charge in [0.1, 0.15) is 12.1 Å². The predicted molar refractivity (Wildman–Crippen MR) is 88.0 cm³/mol. The van der Waals surface area contributed by atoms with Crippen LogP contribution in [0.25, 0.3) is 0 Å². The fraction of sp³-hybridized carbons (Fsp3) is 0.471. The zero-order valence-electron chi connectivity index (χ0n) is 13.3. The number of carboxylic acids is 1. The van der Waals surface area contributed by atoms with Crippen LogP contribution in [0, 0.1) is 11.3 Å². The number of hydrogen-bond acceptors (Lipinski definition) is 4. The maximum Gasteiger partial charge on any atom is 0.321 e. The van der Waals surface area contributed by atoms with Gasteiger partial charge in [0.25, 0.3) is 0 Å². The van der Waals surface area contributed by atoms with Crippen LogP contribution < -0.4 is 10.6 Å². The van der Waals surface area contributed by atoms with Gasteiger partial charge in [-0.15, -0.1) is 0 Å². The molecule has 3 N–H and O–H groups in total. The summed E-state index contributed by atoms with van der Waals surface area (Å²) in [4.78, 5) is 23.2. The monoisotopic (exact) mass is 317 g/mol. The molecule has 0 fully saturated rings. The lowest BCUT2D eigenvalue weighted by Gasteiger charge is -2.14. The van der Waals surface area contributed by atoms with Gasteiger partial charge in [-0.2, -0.15) is 5.26 Å². The summed E-state index contributed by atoms with van der Waals surface area (Å²) in [7, 11) is 0. The van der Waals surface area contributed by atoms with Crippen molar-refractivity contribution in [2.45, 2.75) is 45.1 Å². The van der Waals surface area contributed by atoms with Crippen LogP contribution in [0.5, 0.6) is 0 Å². The number of unbranched alkanes of at least 4 members (excludes halogenated alkanes) is 3. The normalized spacial score (nSPS) is 11.5. The molecule has 1 aromatic rings. The standard InChI is InChI=1S/C17H23N3O3/c1-2-3-4-7-10-19-15(17(22)23)11-16(21)20-14-9-6-5-8-13(14)12-18/h5-6,8-9,15,19H,2-4,7,10-11H2,1H3,(H,20,21)(H,22,23). The molecule has 0 saturated carbocycles. The second-order valence-corrected chi connectivity index (χ2v) is 5.32. The maximum atomic E-state index is 12.0. The molecule has 0 spiro atoms. The van der Waals surface area contributed by atoms with Crippen molar-refractivity contribution in [3.63, 3.8) is 0 Å². The van der Waals surface area contributed by atoms with E-state index in [1.54, 1.807) is 24.3 Å². The van der Waals surface area contributed by atoms with Gasteiger partial charge >= 0.3 is 5.97 Å². The Morgan fingerprint density at radius 2 is 2.00 bits per heavy atom. The van der Waals surface area contributed by atoms with Gasteiger partial charge in [-0.1, -0.05) is 38.3 Å². The van der Waals surface area contributed by atoms with Crippen molar-refractivity contribution >= 4 is 17.6 Å². The molecule has 1 amide bonds. The molecule has 0 aromatic heterocycles. The Morgan fingerprint density at radius 3 is 2.65 bits per heavy atom. The maximum absolute atomic E-state index is 12.0. The summed E-state index contributed by atoms with van der Waals surface area (Å²) in [5.41, 5.74) is 0.743. The van der Waals surface area contributed by atoms with Gasteiger partial charge in [0.05, 0.1) is 17.7 Å². The molecule has 0 bridgehead atoms. The van der Waals surface area contributed by atoms with Crippen LogP contribution >= 0.6 is 0 Å². The van der Waals surface area contributed by atoms with E-state index < -0.39 is 17.9 Å². The second-order valence-electron chi connectivity index (χ2n) is 5.32. The molecule has 1 atom stereocenters. The van der Waals surface area contributed by atoms with E-state index in [1.165, 1.54) is 0 Å². The fourth-order valence-electron chi connectivity index (χ4n) is 2.15. The summed E-state index contributed by atoms with van der Waals surface area (Å²) in [6.45, 7) is 2.68. The van der Waals surface area contributed by atoms with Crippen LogP contribution in [-0.2, 0) is 9.59 Å². The van der Waals surface area contributed by atoms with Crippen molar-refractivity contribution in [3.8, 4) is 6.07 Å². The average molecular weight is 317 g/mol. The molecule has 6 nitrogen and oxygen atoms in total. The van der Waals surface area contributed by atoms with Crippen molar-refractivity contribution in [2.75, 3.05) is 11.9 Å². The van der Waals surface area contributed by atoms with Crippen molar-refractivity contribution < 1.29 is 14.7 Å². The van der Waals surface area contributed by atoms with E-state index in [9.17, 15) is 14.7 Å². The van der Waals surface area contributed by atoms with Gasteiger partial charge < -0.3 is 15.7 Å². The van der Waals surface area contributed by atoms with E-state index in [0.29, 0.717) is 17.8 Å². The summed E-state index contributed by atoms with van der Waals surface area (Å²) < 4.78 is 0. The number of rotatable bonds is 10. The molecular weight excluding hydrogens is 294 g/mol. The number of para-hydroxylation sites is 1. The number of benzene rings is 1. The van der Waals surface area contributed by atoms with E-state index in [2.05, 4.69) is 17.6 Å². The first-order chi connectivity index (χ1) is 11.1. The number of nitrogens with one attached hydrogen (secondary N) is 2. The van der Waals surface area contributed by atoms with Crippen molar-refractivity contribution in [1.29, 1.82) is 5.26 Å². The van der Waals surface area contributed by atoms with Crippen LogP contribution in [0.1, 0.15) is 44.6 Å². The van der Waals surface area contributed by atoms with Gasteiger partial charge in [-0.3, -0.25) is 9.59 Å². The Labute approximate surface area is 136 Å². The Kier molecular flexibility index (Phi) is 8.40. The Bertz CT molecular complexity index is 566. The van der Waals surface area contributed by atoms with E-state index in [0.717, 1.165) is 25.7 Å². The lowest BCUT2D eigenvalue weighted by Crippen LogP contribution is -2.40. The van der Waals surface area contributed by atoms with E-state index in [4.69, 9.17) is 5.26 Å². The molecule has 0 radical (unpaired) electrons. The number of carbonyl (C=O) groups is 2. The molecule has 124 valence electrons. The van der Waals surface area contributed by atoms with Crippen molar-refractivity contribution in [1.82, 2.24) is 5.32 Å². The molecule has 1 aromatic carbocycles. The number of carbonyl (C=O) groups excluding carboxylic acids is 1. The lowest BCUT2D eigenvalue weighted by molar-refractivity contribution is -0.141. The lowest BCUT2D eigenvalue weighted by atomic mass is 10.1. The van der Waals surface area contributed by atoms with E-state index in [-0.39, 0.29) is 6.42 Å². The van der Waals surface area contributed by atoms with E-state index in [1.807, 2.05) is 6.07 Å². The molecule has 1 rings (SSSR count). The van der Waals surface area contributed by atoms with Gasteiger partial charge in [-0.05, 0) is 25.1 Å². The van der Waals surface area contributed by atoms with Crippen LogP contribution in [0.4, 0.5) is 5.69 Å². The first-order valence-electron chi connectivity index (χ1n) is 7.83. The van der Waals surface area contributed by atoms with Crippen LogP contribution in [-0.4, -0.2) is 29.6 Å². The molecule has 0 saturated heterocycles. The number of carboxylic acid groups (broad SMARTS) is 1. The SMILES string of the molecule is CCCCCCNC(CC(=O)Nc1ccccc1C#N)C(=O)O. The first-order valence-corrected chi connectivity index (χ1v) is 7.83. The average Bonchev–Trinajstić information content (AvgIpc) is 2.53. The summed E-state index contributed by atoms with van der Waals surface area (Å²) in [5, 5.41) is 23.7. The summed E-state index contributed by atoms with van der Waals surface area (Å²) >= 11 is 0. The first kappa shape index (κ1) is 18.7.